The highest BCUT2D eigenvalue weighted by molar-refractivity contribution is 5.23. The van der Waals surface area contributed by atoms with Crippen LogP contribution in [0.5, 0.6) is 0 Å². The van der Waals surface area contributed by atoms with Crippen molar-refractivity contribution in [3.8, 4) is 0 Å². The molecule has 0 aliphatic rings. The standard InChI is InChI=1S/C18H30N2/c1-7-20(13-15(2)3)14-17-10-8-9-16(11-17)12-19-18(4,5)6/h8-11,19H,2,7,12-14H2,1,3-6H3. The minimum absolute atomic E-state index is 0.158. The van der Waals surface area contributed by atoms with Gasteiger partial charge in [-0.05, 0) is 45.4 Å². The fourth-order valence-electron chi connectivity index (χ4n) is 2.12. The lowest BCUT2D eigenvalue weighted by molar-refractivity contribution is 0.304. The van der Waals surface area contributed by atoms with Crippen molar-refractivity contribution in [1.82, 2.24) is 10.2 Å². The molecule has 112 valence electrons. The lowest BCUT2D eigenvalue weighted by atomic mass is 10.1. The summed E-state index contributed by atoms with van der Waals surface area (Å²) in [5.74, 6) is 0. The molecule has 1 aromatic rings. The van der Waals surface area contributed by atoms with Crippen LogP contribution in [0.1, 0.15) is 45.7 Å². The van der Waals surface area contributed by atoms with E-state index in [1.54, 1.807) is 0 Å². The second-order valence-electron chi connectivity index (χ2n) is 6.68. The van der Waals surface area contributed by atoms with Gasteiger partial charge in [0.05, 0.1) is 0 Å². The Kier molecular flexibility index (Phi) is 6.44. The fourth-order valence-corrected chi connectivity index (χ4v) is 2.12. The van der Waals surface area contributed by atoms with Crippen LogP contribution < -0.4 is 5.32 Å². The normalized spacial score (nSPS) is 11.9. The first-order valence-electron chi connectivity index (χ1n) is 7.49. The van der Waals surface area contributed by atoms with Crippen molar-refractivity contribution in [2.24, 2.45) is 0 Å². The van der Waals surface area contributed by atoms with Gasteiger partial charge in [-0.1, -0.05) is 43.3 Å². The monoisotopic (exact) mass is 274 g/mol. The van der Waals surface area contributed by atoms with Crippen LogP contribution in [0.15, 0.2) is 36.4 Å². The van der Waals surface area contributed by atoms with Gasteiger partial charge in [-0.15, -0.1) is 0 Å². The molecule has 0 atom stereocenters. The van der Waals surface area contributed by atoms with Gasteiger partial charge in [0.15, 0.2) is 0 Å². The zero-order valence-electron chi connectivity index (χ0n) is 13.8. The first-order chi connectivity index (χ1) is 9.30. The Morgan fingerprint density at radius 1 is 1.25 bits per heavy atom. The van der Waals surface area contributed by atoms with Gasteiger partial charge in [-0.2, -0.15) is 0 Å². The molecule has 0 bridgehead atoms. The maximum Gasteiger partial charge on any atom is 0.0237 e. The Balaban J connectivity index is 2.65. The Morgan fingerprint density at radius 2 is 1.90 bits per heavy atom. The summed E-state index contributed by atoms with van der Waals surface area (Å²) in [5.41, 5.74) is 4.10. The molecule has 2 nitrogen and oxygen atoms in total. The third-order valence-electron chi connectivity index (χ3n) is 3.16. The molecule has 20 heavy (non-hydrogen) atoms. The predicted octanol–water partition coefficient (Wildman–Crippen LogP) is 3.97. The van der Waals surface area contributed by atoms with Crippen molar-refractivity contribution in [3.63, 3.8) is 0 Å². The van der Waals surface area contributed by atoms with E-state index in [2.05, 4.69) is 75.7 Å². The first kappa shape index (κ1) is 16.9. The largest absolute Gasteiger partial charge is 0.308 e. The maximum absolute atomic E-state index is 4.01. The van der Waals surface area contributed by atoms with Crippen molar-refractivity contribution in [1.29, 1.82) is 0 Å². The van der Waals surface area contributed by atoms with Gasteiger partial charge in [0, 0.05) is 25.2 Å². The van der Waals surface area contributed by atoms with Crippen molar-refractivity contribution >= 4 is 0 Å². The van der Waals surface area contributed by atoms with Gasteiger partial charge in [-0.25, -0.2) is 0 Å². The Labute approximate surface area is 124 Å². The average Bonchev–Trinajstić information content (AvgIpc) is 2.35. The van der Waals surface area contributed by atoms with E-state index in [4.69, 9.17) is 0 Å². The molecule has 0 aliphatic heterocycles. The number of nitrogens with one attached hydrogen (secondary N) is 1. The van der Waals surface area contributed by atoms with Gasteiger partial charge < -0.3 is 5.32 Å². The number of benzene rings is 1. The fraction of sp³-hybridized carbons (Fsp3) is 0.556. The minimum Gasteiger partial charge on any atom is -0.308 e. The van der Waals surface area contributed by atoms with Crippen molar-refractivity contribution in [2.45, 2.75) is 53.2 Å². The molecule has 0 spiro atoms. The molecular formula is C18H30N2. The second-order valence-corrected chi connectivity index (χ2v) is 6.68. The lowest BCUT2D eigenvalue weighted by Crippen LogP contribution is -2.35. The van der Waals surface area contributed by atoms with E-state index in [0.717, 1.165) is 26.2 Å². The van der Waals surface area contributed by atoms with Crippen LogP contribution >= 0.6 is 0 Å². The summed E-state index contributed by atoms with van der Waals surface area (Å²) in [5, 5.41) is 3.54. The third-order valence-corrected chi connectivity index (χ3v) is 3.16. The highest BCUT2D eigenvalue weighted by atomic mass is 15.1. The van der Waals surface area contributed by atoms with Crippen molar-refractivity contribution in [2.75, 3.05) is 13.1 Å². The Morgan fingerprint density at radius 3 is 2.45 bits per heavy atom. The molecule has 0 aliphatic carbocycles. The van der Waals surface area contributed by atoms with Crippen molar-refractivity contribution < 1.29 is 0 Å². The molecule has 0 saturated carbocycles. The Hall–Kier alpha value is -1.12. The molecule has 0 heterocycles. The van der Waals surface area contributed by atoms with Gasteiger partial charge in [0.25, 0.3) is 0 Å². The van der Waals surface area contributed by atoms with Crippen LogP contribution in [0, 0.1) is 0 Å². The zero-order chi connectivity index (χ0) is 15.2. The molecule has 1 N–H and O–H groups in total. The molecule has 1 rings (SSSR count). The summed E-state index contributed by atoms with van der Waals surface area (Å²) < 4.78 is 0. The van der Waals surface area contributed by atoms with E-state index in [1.165, 1.54) is 16.7 Å². The summed E-state index contributed by atoms with van der Waals surface area (Å²) in [6, 6.07) is 8.86. The van der Waals surface area contributed by atoms with Gasteiger partial charge in [-0.3, -0.25) is 4.90 Å². The number of hydrogen-bond donors (Lipinski definition) is 1. The number of rotatable bonds is 7. The highest BCUT2D eigenvalue weighted by Gasteiger charge is 2.09. The van der Waals surface area contributed by atoms with E-state index in [9.17, 15) is 0 Å². The van der Waals surface area contributed by atoms with Crippen LogP contribution in [-0.4, -0.2) is 23.5 Å². The molecule has 0 radical (unpaired) electrons. The molecule has 0 saturated heterocycles. The summed E-state index contributed by atoms with van der Waals surface area (Å²) >= 11 is 0. The third kappa shape index (κ3) is 6.88. The molecule has 0 amide bonds. The molecule has 2 heteroatoms. The van der Waals surface area contributed by atoms with Crippen LogP contribution in [0.2, 0.25) is 0 Å². The summed E-state index contributed by atoms with van der Waals surface area (Å²) in [4.78, 5) is 2.42. The average molecular weight is 274 g/mol. The molecule has 0 fully saturated rings. The molecule has 0 unspecified atom stereocenters. The first-order valence-corrected chi connectivity index (χ1v) is 7.49. The summed E-state index contributed by atoms with van der Waals surface area (Å²) in [6.45, 7) is 18.8. The van der Waals surface area contributed by atoms with E-state index >= 15 is 0 Å². The number of hydrogen-bond acceptors (Lipinski definition) is 2. The lowest BCUT2D eigenvalue weighted by Gasteiger charge is -2.22. The van der Waals surface area contributed by atoms with Crippen LogP contribution in [-0.2, 0) is 13.1 Å². The second kappa shape index (κ2) is 7.61. The predicted molar refractivity (Wildman–Crippen MR) is 88.8 cm³/mol. The van der Waals surface area contributed by atoms with Crippen molar-refractivity contribution in [3.05, 3.63) is 47.5 Å². The summed E-state index contributed by atoms with van der Waals surface area (Å²) in [7, 11) is 0. The highest BCUT2D eigenvalue weighted by Crippen LogP contribution is 2.11. The molecule has 1 aromatic carbocycles. The van der Waals surface area contributed by atoms with E-state index in [1.807, 2.05) is 0 Å². The maximum atomic E-state index is 4.01. The van der Waals surface area contributed by atoms with E-state index in [0.29, 0.717) is 0 Å². The summed E-state index contributed by atoms with van der Waals surface area (Å²) in [6.07, 6.45) is 0. The molecule has 0 aromatic heterocycles. The number of nitrogens with zero attached hydrogens (tertiary/aromatic N) is 1. The minimum atomic E-state index is 0.158. The zero-order valence-corrected chi connectivity index (χ0v) is 13.8. The quantitative estimate of drug-likeness (QED) is 0.757. The topological polar surface area (TPSA) is 15.3 Å². The molecular weight excluding hydrogens is 244 g/mol. The SMILES string of the molecule is C=C(C)CN(CC)Cc1cccc(CNC(C)(C)C)c1. The Bertz CT molecular complexity index is 429. The number of likely N-dealkylation sites (N-methyl/N-ethyl adjacent to an activating group) is 1. The van der Waals surface area contributed by atoms with Gasteiger partial charge >= 0.3 is 0 Å². The van der Waals surface area contributed by atoms with Crippen LogP contribution in [0.4, 0.5) is 0 Å². The van der Waals surface area contributed by atoms with E-state index in [-0.39, 0.29) is 5.54 Å². The smallest absolute Gasteiger partial charge is 0.0237 e. The van der Waals surface area contributed by atoms with Crippen LogP contribution in [0.3, 0.4) is 0 Å². The van der Waals surface area contributed by atoms with E-state index < -0.39 is 0 Å². The van der Waals surface area contributed by atoms with Crippen LogP contribution in [0.25, 0.3) is 0 Å². The van der Waals surface area contributed by atoms with Gasteiger partial charge in [0.2, 0.25) is 0 Å². The van der Waals surface area contributed by atoms with Gasteiger partial charge in [0.1, 0.15) is 0 Å².